The number of rotatable bonds is 6. The van der Waals surface area contributed by atoms with E-state index in [1.807, 2.05) is 37.3 Å². The molecule has 30 heavy (non-hydrogen) atoms. The SMILES string of the molecule is CCOC(=O)c1c(C[NH+]2CCCCC2)n(-c2ccccc2)c2cc(Br)c(OC)cc12. The van der Waals surface area contributed by atoms with Crippen LogP contribution in [0, 0.1) is 0 Å². The number of ether oxygens (including phenoxy) is 2. The van der Waals surface area contributed by atoms with Gasteiger partial charge in [-0.05, 0) is 66.4 Å². The lowest BCUT2D eigenvalue weighted by Crippen LogP contribution is -3.11. The second-order valence-electron chi connectivity index (χ2n) is 7.70. The fraction of sp³-hybridized carbons (Fsp3) is 0.375. The Labute approximate surface area is 185 Å². The second kappa shape index (κ2) is 9.23. The number of fused-ring (bicyclic) bond motifs is 1. The van der Waals surface area contributed by atoms with Crippen molar-refractivity contribution < 1.29 is 19.2 Å². The molecule has 0 bridgehead atoms. The number of quaternary nitrogens is 1. The van der Waals surface area contributed by atoms with E-state index < -0.39 is 0 Å². The van der Waals surface area contributed by atoms with Crippen LogP contribution in [0.5, 0.6) is 5.75 Å². The Morgan fingerprint density at radius 1 is 1.13 bits per heavy atom. The van der Waals surface area contributed by atoms with Crippen LogP contribution >= 0.6 is 15.9 Å². The van der Waals surface area contributed by atoms with E-state index in [0.29, 0.717) is 17.9 Å². The van der Waals surface area contributed by atoms with Crippen molar-refractivity contribution in [1.29, 1.82) is 0 Å². The second-order valence-corrected chi connectivity index (χ2v) is 8.56. The molecule has 5 nitrogen and oxygen atoms in total. The fourth-order valence-electron chi connectivity index (χ4n) is 4.43. The summed E-state index contributed by atoms with van der Waals surface area (Å²) in [5.74, 6) is 0.433. The summed E-state index contributed by atoms with van der Waals surface area (Å²) in [6.07, 6.45) is 3.75. The van der Waals surface area contributed by atoms with Gasteiger partial charge in [-0.2, -0.15) is 0 Å². The quantitative estimate of drug-likeness (QED) is 0.549. The first kappa shape index (κ1) is 20.9. The Morgan fingerprint density at radius 3 is 2.53 bits per heavy atom. The number of likely N-dealkylation sites (tertiary alicyclic amines) is 1. The van der Waals surface area contributed by atoms with Crippen LogP contribution in [0.3, 0.4) is 0 Å². The van der Waals surface area contributed by atoms with Gasteiger partial charge in [-0.1, -0.05) is 18.2 Å². The average molecular weight is 472 g/mol. The molecule has 1 aliphatic heterocycles. The number of carbonyl (C=O) groups excluding carboxylic acids is 1. The van der Waals surface area contributed by atoms with Crippen LogP contribution in [0.2, 0.25) is 0 Å². The normalized spacial score (nSPS) is 14.8. The molecular formula is C24H28BrN2O3+. The highest BCUT2D eigenvalue weighted by molar-refractivity contribution is 9.10. The molecule has 0 atom stereocenters. The molecule has 0 spiro atoms. The summed E-state index contributed by atoms with van der Waals surface area (Å²) in [6, 6.07) is 14.2. The van der Waals surface area contributed by atoms with Crippen molar-refractivity contribution in [1.82, 2.24) is 4.57 Å². The Kier molecular flexibility index (Phi) is 6.44. The van der Waals surface area contributed by atoms with Crippen molar-refractivity contribution in [3.8, 4) is 11.4 Å². The van der Waals surface area contributed by atoms with Gasteiger partial charge in [-0.3, -0.25) is 0 Å². The molecular weight excluding hydrogens is 444 g/mol. The molecule has 1 aliphatic rings. The molecule has 0 amide bonds. The number of hydrogen-bond acceptors (Lipinski definition) is 3. The Hall–Kier alpha value is -2.31. The third-order valence-electron chi connectivity index (χ3n) is 5.81. The van der Waals surface area contributed by atoms with Crippen molar-refractivity contribution >= 4 is 32.8 Å². The first-order valence-electron chi connectivity index (χ1n) is 10.6. The summed E-state index contributed by atoms with van der Waals surface area (Å²) in [7, 11) is 1.64. The molecule has 2 aromatic carbocycles. The molecule has 6 heteroatoms. The zero-order valence-corrected chi connectivity index (χ0v) is 19.1. The summed E-state index contributed by atoms with van der Waals surface area (Å²) in [4.78, 5) is 14.7. The molecule has 0 unspecified atom stereocenters. The minimum Gasteiger partial charge on any atom is -0.496 e. The molecule has 3 aromatic rings. The monoisotopic (exact) mass is 471 g/mol. The maximum absolute atomic E-state index is 13.2. The number of nitrogens with zero attached hydrogens (tertiary/aromatic N) is 1. The number of aromatic nitrogens is 1. The van der Waals surface area contributed by atoms with Crippen LogP contribution < -0.4 is 9.64 Å². The minimum absolute atomic E-state index is 0.270. The zero-order chi connectivity index (χ0) is 21.1. The first-order valence-corrected chi connectivity index (χ1v) is 11.4. The summed E-state index contributed by atoms with van der Waals surface area (Å²) < 4.78 is 14.1. The lowest BCUT2D eigenvalue weighted by atomic mass is 10.1. The summed E-state index contributed by atoms with van der Waals surface area (Å²) in [5, 5.41) is 0.865. The number of halogens is 1. The summed E-state index contributed by atoms with van der Waals surface area (Å²) in [6.45, 7) is 5.25. The standard InChI is InChI=1S/C24H27BrN2O3/c1-3-30-24(28)23-18-14-22(29-2)19(25)15-20(18)27(17-10-6-4-7-11-17)21(23)16-26-12-8-5-9-13-26/h4,6-7,10-11,14-15H,3,5,8-9,12-13,16H2,1-2H3/p+1. The molecule has 1 aromatic heterocycles. The van der Waals surface area contributed by atoms with Gasteiger partial charge < -0.3 is 18.9 Å². The van der Waals surface area contributed by atoms with Crippen molar-refractivity contribution in [3.63, 3.8) is 0 Å². The highest BCUT2D eigenvalue weighted by Crippen LogP contribution is 2.37. The van der Waals surface area contributed by atoms with Crippen LogP contribution in [0.15, 0.2) is 46.9 Å². The summed E-state index contributed by atoms with van der Waals surface area (Å²) >= 11 is 3.62. The van der Waals surface area contributed by atoms with E-state index in [2.05, 4.69) is 32.6 Å². The van der Waals surface area contributed by atoms with Crippen molar-refractivity contribution in [2.24, 2.45) is 0 Å². The molecule has 0 saturated carbocycles. The maximum Gasteiger partial charge on any atom is 0.340 e. The zero-order valence-electron chi connectivity index (χ0n) is 17.5. The Morgan fingerprint density at radius 2 is 1.87 bits per heavy atom. The topological polar surface area (TPSA) is 44.9 Å². The molecule has 0 aliphatic carbocycles. The van der Waals surface area contributed by atoms with Crippen molar-refractivity contribution in [2.45, 2.75) is 32.7 Å². The van der Waals surface area contributed by atoms with E-state index in [0.717, 1.165) is 46.4 Å². The van der Waals surface area contributed by atoms with Crippen molar-refractivity contribution in [2.75, 3.05) is 26.8 Å². The highest BCUT2D eigenvalue weighted by Gasteiger charge is 2.29. The van der Waals surface area contributed by atoms with Gasteiger partial charge in [0.25, 0.3) is 0 Å². The molecule has 4 rings (SSSR count). The smallest absolute Gasteiger partial charge is 0.340 e. The third-order valence-corrected chi connectivity index (χ3v) is 6.43. The number of hydrogen-bond donors (Lipinski definition) is 1. The molecule has 0 radical (unpaired) electrons. The highest BCUT2D eigenvalue weighted by atomic mass is 79.9. The van der Waals surface area contributed by atoms with Gasteiger partial charge in [-0.15, -0.1) is 0 Å². The molecule has 2 heterocycles. The van der Waals surface area contributed by atoms with Gasteiger partial charge in [0.05, 0.1) is 48.1 Å². The van der Waals surface area contributed by atoms with Crippen LogP contribution in [0.4, 0.5) is 0 Å². The number of carbonyl (C=O) groups is 1. The number of esters is 1. The van der Waals surface area contributed by atoms with E-state index in [-0.39, 0.29) is 5.97 Å². The van der Waals surface area contributed by atoms with E-state index in [1.165, 1.54) is 24.2 Å². The van der Waals surface area contributed by atoms with Crippen LogP contribution in [-0.2, 0) is 11.3 Å². The van der Waals surface area contributed by atoms with Gasteiger partial charge in [0.1, 0.15) is 12.3 Å². The van der Waals surface area contributed by atoms with Gasteiger partial charge in [0.2, 0.25) is 0 Å². The molecule has 1 N–H and O–H groups in total. The van der Waals surface area contributed by atoms with E-state index in [4.69, 9.17) is 9.47 Å². The van der Waals surface area contributed by atoms with Crippen LogP contribution in [-0.4, -0.2) is 37.3 Å². The largest absolute Gasteiger partial charge is 0.496 e. The molecule has 1 fully saturated rings. The predicted molar refractivity (Wildman–Crippen MR) is 122 cm³/mol. The number of methoxy groups -OCH3 is 1. The lowest BCUT2D eigenvalue weighted by Gasteiger charge is -2.24. The number of piperidine rings is 1. The van der Waals surface area contributed by atoms with Crippen LogP contribution in [0.25, 0.3) is 16.6 Å². The van der Waals surface area contributed by atoms with Crippen LogP contribution in [0.1, 0.15) is 42.2 Å². The van der Waals surface area contributed by atoms with Gasteiger partial charge in [0.15, 0.2) is 0 Å². The van der Waals surface area contributed by atoms with E-state index in [9.17, 15) is 4.79 Å². The number of nitrogens with one attached hydrogen (secondary N) is 1. The lowest BCUT2D eigenvalue weighted by molar-refractivity contribution is -0.918. The van der Waals surface area contributed by atoms with Gasteiger partial charge in [-0.25, -0.2) is 4.79 Å². The van der Waals surface area contributed by atoms with E-state index in [1.54, 1.807) is 7.11 Å². The summed E-state index contributed by atoms with van der Waals surface area (Å²) in [5.41, 5.74) is 3.68. The average Bonchev–Trinajstić information content (AvgIpc) is 3.07. The Bertz CT molecular complexity index is 1040. The van der Waals surface area contributed by atoms with Gasteiger partial charge >= 0.3 is 5.97 Å². The third kappa shape index (κ3) is 3.98. The maximum atomic E-state index is 13.2. The van der Waals surface area contributed by atoms with E-state index >= 15 is 0 Å². The number of para-hydroxylation sites is 1. The van der Waals surface area contributed by atoms with Gasteiger partial charge in [0, 0.05) is 11.1 Å². The first-order chi connectivity index (χ1) is 14.6. The number of benzene rings is 2. The Balaban J connectivity index is 2.00. The molecule has 1 saturated heterocycles. The van der Waals surface area contributed by atoms with Crippen molar-refractivity contribution in [3.05, 3.63) is 58.2 Å². The minimum atomic E-state index is -0.270. The molecule has 158 valence electrons. The predicted octanol–water partition coefficient (Wildman–Crippen LogP) is 4.15. The fourth-order valence-corrected chi connectivity index (χ4v) is 4.93.